The van der Waals surface area contributed by atoms with Gasteiger partial charge < -0.3 is 5.32 Å². The van der Waals surface area contributed by atoms with Crippen LogP contribution >= 0.6 is 27.5 Å². The van der Waals surface area contributed by atoms with E-state index in [1.165, 1.54) is 25.1 Å². The van der Waals surface area contributed by atoms with Crippen LogP contribution in [0, 0.1) is 6.92 Å². The molecule has 0 aliphatic heterocycles. The highest BCUT2D eigenvalue weighted by atomic mass is 79.9. The Balaban J connectivity index is 1.86. The number of benzene rings is 2. The summed E-state index contributed by atoms with van der Waals surface area (Å²) in [5.74, 6) is -1.00. The molecule has 0 unspecified atom stereocenters. The third kappa shape index (κ3) is 4.73. The number of nitrogens with one attached hydrogen (secondary N) is 1. The van der Waals surface area contributed by atoms with E-state index in [2.05, 4.69) is 26.3 Å². The van der Waals surface area contributed by atoms with Crippen molar-refractivity contribution in [2.45, 2.75) is 19.6 Å². The maximum atomic E-state index is 13.0. The molecule has 0 aliphatic carbocycles. The molecule has 156 valence electrons. The van der Waals surface area contributed by atoms with E-state index in [0.717, 1.165) is 4.68 Å². The Morgan fingerprint density at radius 1 is 1.17 bits per heavy atom. The van der Waals surface area contributed by atoms with Crippen molar-refractivity contribution in [3.63, 3.8) is 0 Å². The van der Waals surface area contributed by atoms with Crippen LogP contribution < -0.4 is 5.32 Å². The summed E-state index contributed by atoms with van der Waals surface area (Å²) in [6.07, 6.45) is -4.66. The molecule has 0 atom stereocenters. The van der Waals surface area contributed by atoms with Crippen LogP contribution in [0.2, 0.25) is 5.02 Å². The number of halogens is 5. The summed E-state index contributed by atoms with van der Waals surface area (Å²) in [6, 6.07) is 12.8. The first-order valence-electron chi connectivity index (χ1n) is 8.57. The lowest BCUT2D eigenvalue weighted by Crippen LogP contribution is -2.22. The lowest BCUT2D eigenvalue weighted by atomic mass is 10.0. The minimum Gasteiger partial charge on any atom is -0.324 e. The number of amides is 1. The molecule has 1 heterocycles. The first kappa shape index (κ1) is 22.0. The van der Waals surface area contributed by atoms with Gasteiger partial charge in [-0.2, -0.15) is 18.3 Å². The summed E-state index contributed by atoms with van der Waals surface area (Å²) < 4.78 is 39.7. The number of alkyl halides is 3. The van der Waals surface area contributed by atoms with Gasteiger partial charge in [0.15, 0.2) is 11.5 Å². The van der Waals surface area contributed by atoms with Crippen molar-refractivity contribution in [1.82, 2.24) is 9.78 Å². The number of anilines is 1. The number of rotatable bonds is 5. The standard InChI is InChI=1S/C20H14BrClF3N3O2/c1-11-17(21)19(20(23,24)25)27-28(11)10-16(29)26-15-8-7-13(22)9-14(15)18(30)12-5-3-2-4-6-12/h2-9H,10H2,1H3,(H,26,29). The third-order valence-corrected chi connectivity index (χ3v) is 5.42. The Morgan fingerprint density at radius 2 is 1.83 bits per heavy atom. The van der Waals surface area contributed by atoms with Crippen LogP contribution in [-0.2, 0) is 17.5 Å². The SMILES string of the molecule is Cc1c(Br)c(C(F)(F)F)nn1CC(=O)Nc1ccc(Cl)cc1C(=O)c1ccccc1. The quantitative estimate of drug-likeness (QED) is 0.471. The van der Waals surface area contributed by atoms with E-state index >= 15 is 0 Å². The van der Waals surface area contributed by atoms with Crippen LogP contribution in [0.3, 0.4) is 0 Å². The summed E-state index contributed by atoms with van der Waals surface area (Å²) in [5, 5.41) is 6.33. The number of ketones is 1. The number of aromatic nitrogens is 2. The average molecular weight is 501 g/mol. The van der Waals surface area contributed by atoms with Gasteiger partial charge in [-0.1, -0.05) is 41.9 Å². The molecule has 2 aromatic carbocycles. The van der Waals surface area contributed by atoms with E-state index < -0.39 is 24.3 Å². The van der Waals surface area contributed by atoms with E-state index in [4.69, 9.17) is 11.6 Å². The van der Waals surface area contributed by atoms with Crippen molar-refractivity contribution in [3.8, 4) is 0 Å². The summed E-state index contributed by atoms with van der Waals surface area (Å²) in [5.41, 5.74) is -0.208. The van der Waals surface area contributed by atoms with Gasteiger partial charge >= 0.3 is 6.18 Å². The lowest BCUT2D eigenvalue weighted by Gasteiger charge is -2.12. The van der Waals surface area contributed by atoms with E-state index in [9.17, 15) is 22.8 Å². The van der Waals surface area contributed by atoms with Gasteiger partial charge in [-0.15, -0.1) is 0 Å². The zero-order valence-electron chi connectivity index (χ0n) is 15.4. The second kappa shape index (κ2) is 8.61. The molecule has 3 aromatic rings. The minimum atomic E-state index is -4.66. The molecule has 1 N–H and O–H groups in total. The Kier molecular flexibility index (Phi) is 6.33. The molecule has 10 heteroatoms. The zero-order valence-corrected chi connectivity index (χ0v) is 17.8. The van der Waals surface area contributed by atoms with Crippen LogP contribution in [-0.4, -0.2) is 21.5 Å². The largest absolute Gasteiger partial charge is 0.436 e. The monoisotopic (exact) mass is 499 g/mol. The van der Waals surface area contributed by atoms with Crippen molar-refractivity contribution in [3.05, 3.63) is 80.5 Å². The molecule has 0 radical (unpaired) electrons. The topological polar surface area (TPSA) is 64.0 Å². The molecule has 0 saturated carbocycles. The van der Waals surface area contributed by atoms with E-state index in [1.54, 1.807) is 30.3 Å². The fourth-order valence-corrected chi connectivity index (χ4v) is 3.42. The van der Waals surface area contributed by atoms with E-state index in [-0.39, 0.29) is 27.2 Å². The van der Waals surface area contributed by atoms with Crippen molar-refractivity contribution in [1.29, 1.82) is 0 Å². The highest BCUT2D eigenvalue weighted by molar-refractivity contribution is 9.10. The molecule has 0 spiro atoms. The van der Waals surface area contributed by atoms with Gasteiger partial charge in [0.2, 0.25) is 5.91 Å². The van der Waals surface area contributed by atoms with Crippen LogP contribution in [0.25, 0.3) is 0 Å². The first-order chi connectivity index (χ1) is 14.1. The molecule has 3 rings (SSSR count). The molecule has 5 nitrogen and oxygen atoms in total. The predicted octanol–water partition coefficient (Wildman–Crippen LogP) is 5.50. The van der Waals surface area contributed by atoms with Crippen LogP contribution in [0.15, 0.2) is 53.0 Å². The number of carbonyl (C=O) groups is 2. The molecule has 1 amide bonds. The van der Waals surface area contributed by atoms with Gasteiger partial charge in [-0.05, 0) is 41.1 Å². The summed E-state index contributed by atoms with van der Waals surface area (Å²) in [4.78, 5) is 25.3. The molecule has 30 heavy (non-hydrogen) atoms. The summed E-state index contributed by atoms with van der Waals surface area (Å²) in [7, 11) is 0. The maximum Gasteiger partial charge on any atom is 0.436 e. The predicted molar refractivity (Wildman–Crippen MR) is 110 cm³/mol. The Morgan fingerprint density at radius 3 is 2.43 bits per heavy atom. The summed E-state index contributed by atoms with van der Waals surface area (Å²) >= 11 is 8.87. The molecule has 0 fully saturated rings. The molecular weight excluding hydrogens is 487 g/mol. The van der Waals surface area contributed by atoms with Crippen LogP contribution in [0.5, 0.6) is 0 Å². The van der Waals surface area contributed by atoms with Gasteiger partial charge in [-0.25, -0.2) is 0 Å². The highest BCUT2D eigenvalue weighted by Crippen LogP contribution is 2.35. The molecule has 0 bridgehead atoms. The van der Waals surface area contributed by atoms with Gasteiger partial charge in [0.05, 0.1) is 15.9 Å². The number of hydrogen-bond acceptors (Lipinski definition) is 3. The van der Waals surface area contributed by atoms with Crippen molar-refractivity contribution in [2.75, 3.05) is 5.32 Å². The molecular formula is C20H14BrClF3N3O2. The third-order valence-electron chi connectivity index (χ3n) is 4.23. The fourth-order valence-electron chi connectivity index (χ4n) is 2.74. The van der Waals surface area contributed by atoms with Gasteiger partial charge in [-0.3, -0.25) is 14.3 Å². The number of carbonyl (C=O) groups excluding carboxylic acids is 2. The van der Waals surface area contributed by atoms with Crippen molar-refractivity contribution >= 4 is 44.9 Å². The Labute approximate surface area is 183 Å². The maximum absolute atomic E-state index is 13.0. The van der Waals surface area contributed by atoms with Crippen molar-refractivity contribution < 1.29 is 22.8 Å². The number of hydrogen-bond donors (Lipinski definition) is 1. The van der Waals surface area contributed by atoms with E-state index in [1.807, 2.05) is 0 Å². The smallest absolute Gasteiger partial charge is 0.324 e. The van der Waals surface area contributed by atoms with Crippen LogP contribution in [0.4, 0.5) is 18.9 Å². The molecule has 0 aliphatic rings. The lowest BCUT2D eigenvalue weighted by molar-refractivity contribution is -0.142. The Hall–Kier alpha value is -2.65. The van der Waals surface area contributed by atoms with Crippen molar-refractivity contribution in [2.24, 2.45) is 0 Å². The highest BCUT2D eigenvalue weighted by Gasteiger charge is 2.38. The second-order valence-corrected chi connectivity index (χ2v) is 7.57. The molecule has 1 aromatic heterocycles. The van der Waals surface area contributed by atoms with Crippen LogP contribution in [0.1, 0.15) is 27.3 Å². The fraction of sp³-hybridized carbons (Fsp3) is 0.150. The number of nitrogens with zero attached hydrogens (tertiary/aromatic N) is 2. The normalized spacial score (nSPS) is 11.4. The summed E-state index contributed by atoms with van der Waals surface area (Å²) in [6.45, 7) is 0.939. The average Bonchev–Trinajstić information content (AvgIpc) is 2.98. The van der Waals surface area contributed by atoms with E-state index in [0.29, 0.717) is 10.6 Å². The zero-order chi connectivity index (χ0) is 22.1. The van der Waals surface area contributed by atoms with Gasteiger partial charge in [0, 0.05) is 16.1 Å². The first-order valence-corrected chi connectivity index (χ1v) is 9.74. The minimum absolute atomic E-state index is 0.147. The van der Waals surface area contributed by atoms with Gasteiger partial charge in [0.1, 0.15) is 6.54 Å². The second-order valence-electron chi connectivity index (χ2n) is 6.34. The molecule has 0 saturated heterocycles. The Bertz CT molecular complexity index is 1110. The van der Waals surface area contributed by atoms with Gasteiger partial charge in [0.25, 0.3) is 0 Å².